The summed E-state index contributed by atoms with van der Waals surface area (Å²) in [5.41, 5.74) is 1.19. The van der Waals surface area contributed by atoms with E-state index in [1.165, 1.54) is 36.0 Å². The second-order valence-electron chi connectivity index (χ2n) is 6.83. The monoisotopic (exact) mass is 404 g/mol. The Labute approximate surface area is 168 Å². The van der Waals surface area contributed by atoms with Crippen LogP contribution in [0.2, 0.25) is 0 Å². The molecule has 0 unspecified atom stereocenters. The molecule has 0 aliphatic carbocycles. The number of benzene rings is 1. The Kier molecular flexibility index (Phi) is 7.14. The van der Waals surface area contributed by atoms with Crippen LogP contribution >= 0.6 is 11.8 Å². The van der Waals surface area contributed by atoms with Gasteiger partial charge in [-0.25, -0.2) is 4.39 Å². The number of carbonyl (C=O) groups is 2. The predicted molar refractivity (Wildman–Crippen MR) is 107 cm³/mol. The van der Waals surface area contributed by atoms with Crippen molar-refractivity contribution in [1.29, 1.82) is 0 Å². The van der Waals surface area contributed by atoms with Crippen molar-refractivity contribution >= 4 is 23.6 Å². The zero-order valence-corrected chi connectivity index (χ0v) is 16.7. The molecule has 0 spiro atoms. The van der Waals surface area contributed by atoms with Crippen LogP contribution in [0.1, 0.15) is 53.9 Å². The normalized spacial score (nSPS) is 19.0. The number of thioether (sulfide) groups is 1. The molecule has 1 aromatic carbocycles. The molecule has 2 atom stereocenters. The average Bonchev–Trinajstić information content (AvgIpc) is 3.37. The van der Waals surface area contributed by atoms with Crippen molar-refractivity contribution in [2.24, 2.45) is 0 Å². The summed E-state index contributed by atoms with van der Waals surface area (Å²) in [6.07, 6.45) is 7.43. The van der Waals surface area contributed by atoms with Crippen molar-refractivity contribution in [3.63, 3.8) is 0 Å². The van der Waals surface area contributed by atoms with Crippen LogP contribution in [0.15, 0.2) is 47.3 Å². The first kappa shape index (κ1) is 20.5. The molecule has 150 valence electrons. The number of halogens is 1. The molecule has 3 rings (SSSR count). The number of hydrogen-bond donors (Lipinski definition) is 1. The third kappa shape index (κ3) is 4.76. The maximum atomic E-state index is 13.3. The summed E-state index contributed by atoms with van der Waals surface area (Å²) in [6, 6.07) is 6.64. The molecular formula is C21H25FN2O3S. The van der Waals surface area contributed by atoms with Crippen molar-refractivity contribution in [3.8, 4) is 0 Å². The van der Waals surface area contributed by atoms with Gasteiger partial charge in [-0.2, -0.15) is 0 Å². The minimum Gasteiger partial charge on any atom is -0.472 e. The Morgan fingerprint density at radius 2 is 2.00 bits per heavy atom. The van der Waals surface area contributed by atoms with Gasteiger partial charge < -0.3 is 14.6 Å². The van der Waals surface area contributed by atoms with E-state index in [9.17, 15) is 14.0 Å². The van der Waals surface area contributed by atoms with Crippen molar-refractivity contribution in [2.45, 2.75) is 44.0 Å². The fourth-order valence-electron chi connectivity index (χ4n) is 3.25. The van der Waals surface area contributed by atoms with E-state index in [2.05, 4.69) is 12.2 Å². The number of hydrogen-bond acceptors (Lipinski definition) is 4. The van der Waals surface area contributed by atoms with Crippen LogP contribution < -0.4 is 5.32 Å². The van der Waals surface area contributed by atoms with Crippen LogP contribution in [-0.2, 0) is 4.79 Å². The Morgan fingerprint density at radius 1 is 1.21 bits per heavy atom. The quantitative estimate of drug-likeness (QED) is 0.664. The molecule has 28 heavy (non-hydrogen) atoms. The predicted octanol–water partition coefficient (Wildman–Crippen LogP) is 4.37. The van der Waals surface area contributed by atoms with Crippen LogP contribution in [0, 0.1) is 5.82 Å². The van der Waals surface area contributed by atoms with Gasteiger partial charge >= 0.3 is 0 Å². The SMILES string of the molecule is CCCCCCNC(=O)[C@@H]1CS[C@@H](c2ccoc2)N1C(=O)c1ccc(F)cc1. The molecule has 1 aliphatic rings. The highest BCUT2D eigenvalue weighted by Gasteiger charge is 2.42. The topological polar surface area (TPSA) is 62.6 Å². The van der Waals surface area contributed by atoms with Gasteiger partial charge in [0.05, 0.1) is 12.5 Å². The first-order chi connectivity index (χ1) is 13.6. The van der Waals surface area contributed by atoms with Gasteiger partial charge in [0.2, 0.25) is 5.91 Å². The van der Waals surface area contributed by atoms with Gasteiger partial charge in [0, 0.05) is 23.4 Å². The summed E-state index contributed by atoms with van der Waals surface area (Å²) < 4.78 is 18.4. The molecule has 0 radical (unpaired) electrons. The molecule has 1 aliphatic heterocycles. The maximum Gasteiger partial charge on any atom is 0.255 e. The summed E-state index contributed by atoms with van der Waals surface area (Å²) in [4.78, 5) is 27.6. The molecule has 7 heteroatoms. The van der Waals surface area contributed by atoms with Crippen LogP contribution in [0.4, 0.5) is 4.39 Å². The van der Waals surface area contributed by atoms with Crippen LogP contribution in [0.5, 0.6) is 0 Å². The zero-order chi connectivity index (χ0) is 19.9. The smallest absolute Gasteiger partial charge is 0.255 e. The standard InChI is InChI=1S/C21H25FN2O3S/c1-2-3-4-5-11-23-19(25)18-14-28-21(16-10-12-27-13-16)24(18)20(26)15-6-8-17(22)9-7-15/h6-10,12-13,18,21H,2-5,11,14H2,1H3,(H,23,25)/t18-,21-/m0/s1. The van der Waals surface area contributed by atoms with E-state index in [0.717, 1.165) is 31.2 Å². The summed E-state index contributed by atoms with van der Waals surface area (Å²) in [7, 11) is 0. The fourth-order valence-corrected chi connectivity index (χ4v) is 4.66. The van der Waals surface area contributed by atoms with Crippen molar-refractivity contribution in [2.75, 3.05) is 12.3 Å². The average molecular weight is 405 g/mol. The molecule has 0 saturated carbocycles. The number of unbranched alkanes of at least 4 members (excludes halogenated alkanes) is 3. The van der Waals surface area contributed by atoms with Gasteiger partial charge in [0.25, 0.3) is 5.91 Å². The number of rotatable bonds is 8. The minimum absolute atomic E-state index is 0.148. The first-order valence-electron chi connectivity index (χ1n) is 9.61. The van der Waals surface area contributed by atoms with Gasteiger partial charge in [0.1, 0.15) is 17.2 Å². The number of furan rings is 1. The lowest BCUT2D eigenvalue weighted by Crippen LogP contribution is -2.48. The summed E-state index contributed by atoms with van der Waals surface area (Å²) in [5, 5.41) is 2.65. The summed E-state index contributed by atoms with van der Waals surface area (Å²) in [5.74, 6) is -0.336. The van der Waals surface area contributed by atoms with E-state index in [1.54, 1.807) is 23.5 Å². The number of amides is 2. The van der Waals surface area contributed by atoms with E-state index < -0.39 is 11.9 Å². The molecule has 1 fully saturated rings. The Hall–Kier alpha value is -2.28. The molecule has 2 aromatic rings. The summed E-state index contributed by atoms with van der Waals surface area (Å²) in [6.45, 7) is 2.75. The Balaban J connectivity index is 1.75. The molecule has 1 saturated heterocycles. The van der Waals surface area contributed by atoms with E-state index in [4.69, 9.17) is 4.42 Å². The Morgan fingerprint density at radius 3 is 2.68 bits per heavy atom. The first-order valence-corrected chi connectivity index (χ1v) is 10.7. The molecule has 1 N–H and O–H groups in total. The second-order valence-corrected chi connectivity index (χ2v) is 7.94. The lowest BCUT2D eigenvalue weighted by molar-refractivity contribution is -0.124. The van der Waals surface area contributed by atoms with Crippen molar-refractivity contribution < 1.29 is 18.4 Å². The van der Waals surface area contributed by atoms with Gasteiger partial charge in [-0.3, -0.25) is 9.59 Å². The molecule has 1 aromatic heterocycles. The molecule has 0 bridgehead atoms. The van der Waals surface area contributed by atoms with Gasteiger partial charge in [-0.05, 0) is 36.8 Å². The zero-order valence-electron chi connectivity index (χ0n) is 15.9. The third-order valence-corrected chi connectivity index (χ3v) is 6.11. The van der Waals surface area contributed by atoms with E-state index in [0.29, 0.717) is 17.9 Å². The van der Waals surface area contributed by atoms with Crippen LogP contribution in [0.25, 0.3) is 0 Å². The molecular weight excluding hydrogens is 379 g/mol. The van der Waals surface area contributed by atoms with Gasteiger partial charge in [-0.1, -0.05) is 26.2 Å². The Bertz CT molecular complexity index is 779. The van der Waals surface area contributed by atoms with E-state index in [-0.39, 0.29) is 17.2 Å². The number of nitrogens with zero attached hydrogens (tertiary/aromatic N) is 1. The van der Waals surface area contributed by atoms with E-state index >= 15 is 0 Å². The highest BCUT2D eigenvalue weighted by Crippen LogP contribution is 2.42. The van der Waals surface area contributed by atoms with Gasteiger partial charge in [0.15, 0.2) is 0 Å². The molecule has 2 heterocycles. The van der Waals surface area contributed by atoms with Crippen LogP contribution in [0.3, 0.4) is 0 Å². The number of nitrogens with one attached hydrogen (secondary N) is 1. The highest BCUT2D eigenvalue weighted by molar-refractivity contribution is 7.99. The maximum absolute atomic E-state index is 13.3. The van der Waals surface area contributed by atoms with E-state index in [1.807, 2.05) is 0 Å². The lowest BCUT2D eigenvalue weighted by atomic mass is 10.1. The minimum atomic E-state index is -0.575. The number of carbonyl (C=O) groups excluding carboxylic acids is 2. The van der Waals surface area contributed by atoms with Crippen molar-refractivity contribution in [3.05, 3.63) is 59.8 Å². The largest absolute Gasteiger partial charge is 0.472 e. The lowest BCUT2D eigenvalue weighted by Gasteiger charge is -2.28. The summed E-state index contributed by atoms with van der Waals surface area (Å²) >= 11 is 1.53. The highest BCUT2D eigenvalue weighted by atomic mass is 32.2. The fraction of sp³-hybridized carbons (Fsp3) is 0.429. The third-order valence-electron chi connectivity index (χ3n) is 4.79. The van der Waals surface area contributed by atoms with Crippen LogP contribution in [-0.4, -0.2) is 35.1 Å². The second kappa shape index (κ2) is 9.78. The molecule has 2 amide bonds. The molecule has 5 nitrogen and oxygen atoms in total. The van der Waals surface area contributed by atoms with Crippen molar-refractivity contribution in [1.82, 2.24) is 10.2 Å². The van der Waals surface area contributed by atoms with Gasteiger partial charge in [-0.15, -0.1) is 11.8 Å².